The molecule has 26 heavy (non-hydrogen) atoms. The zero-order valence-electron chi connectivity index (χ0n) is 14.2. The van der Waals surface area contributed by atoms with Crippen LogP contribution in [0.1, 0.15) is 13.8 Å². The lowest BCUT2D eigenvalue weighted by Gasteiger charge is -2.11. The van der Waals surface area contributed by atoms with Crippen molar-refractivity contribution in [2.75, 3.05) is 10.6 Å². The number of ether oxygens (including phenoxy) is 1. The van der Waals surface area contributed by atoms with Crippen LogP contribution >= 0.6 is 23.2 Å². The van der Waals surface area contributed by atoms with Crippen LogP contribution in [0.25, 0.3) is 0 Å². The lowest BCUT2D eigenvalue weighted by atomic mass is 10.3. The van der Waals surface area contributed by atoms with Gasteiger partial charge in [-0.1, -0.05) is 23.2 Å². The Kier molecular flexibility index (Phi) is 5.75. The van der Waals surface area contributed by atoms with Gasteiger partial charge in [0.15, 0.2) is 5.82 Å². The molecule has 0 aliphatic heterocycles. The first-order valence-electron chi connectivity index (χ1n) is 7.95. The molecule has 0 saturated carbocycles. The van der Waals surface area contributed by atoms with Crippen LogP contribution in [0.5, 0.6) is 5.75 Å². The Morgan fingerprint density at radius 3 is 2.46 bits per heavy atom. The summed E-state index contributed by atoms with van der Waals surface area (Å²) in [5, 5.41) is 15.1. The van der Waals surface area contributed by atoms with Crippen LogP contribution in [-0.2, 0) is 0 Å². The maximum atomic E-state index is 6.15. The number of benzene rings is 2. The Labute approximate surface area is 161 Å². The topological polar surface area (TPSA) is 72.0 Å². The van der Waals surface area contributed by atoms with Gasteiger partial charge in [0, 0.05) is 10.7 Å². The number of nitrogens with one attached hydrogen (secondary N) is 2. The highest BCUT2D eigenvalue weighted by atomic mass is 35.5. The predicted octanol–water partition coefficient (Wildman–Crippen LogP) is 5.45. The molecule has 3 rings (SSSR count). The number of nitrogens with zero attached hydrogens (tertiary/aromatic N) is 3. The van der Waals surface area contributed by atoms with Gasteiger partial charge in [-0.05, 0) is 56.3 Å². The summed E-state index contributed by atoms with van der Waals surface area (Å²) in [5.41, 5.74) is 1.50. The molecule has 0 radical (unpaired) electrons. The van der Waals surface area contributed by atoms with Crippen LogP contribution < -0.4 is 15.4 Å². The average Bonchev–Trinajstić information content (AvgIpc) is 2.59. The van der Waals surface area contributed by atoms with Gasteiger partial charge in [0.25, 0.3) is 0 Å². The second kappa shape index (κ2) is 8.21. The van der Waals surface area contributed by atoms with Crippen molar-refractivity contribution in [2.45, 2.75) is 20.0 Å². The van der Waals surface area contributed by atoms with Gasteiger partial charge in [0.1, 0.15) is 5.75 Å². The largest absolute Gasteiger partial charge is 0.491 e. The molecule has 0 bridgehead atoms. The van der Waals surface area contributed by atoms with Crippen molar-refractivity contribution in [3.63, 3.8) is 0 Å². The fraction of sp³-hybridized carbons (Fsp3) is 0.167. The molecule has 0 spiro atoms. The fourth-order valence-corrected chi connectivity index (χ4v) is 2.62. The van der Waals surface area contributed by atoms with E-state index in [1.165, 1.54) is 6.20 Å². The second-order valence-corrected chi connectivity index (χ2v) is 6.57. The van der Waals surface area contributed by atoms with E-state index in [2.05, 4.69) is 25.8 Å². The minimum Gasteiger partial charge on any atom is -0.491 e. The van der Waals surface area contributed by atoms with Gasteiger partial charge in [0.05, 0.1) is 23.0 Å². The van der Waals surface area contributed by atoms with Gasteiger partial charge in [-0.25, -0.2) is 0 Å². The molecule has 1 heterocycles. The van der Waals surface area contributed by atoms with E-state index in [1.54, 1.807) is 18.2 Å². The Balaban J connectivity index is 1.71. The molecule has 0 aliphatic rings. The van der Waals surface area contributed by atoms with E-state index in [-0.39, 0.29) is 6.10 Å². The van der Waals surface area contributed by atoms with Gasteiger partial charge in [0.2, 0.25) is 5.95 Å². The van der Waals surface area contributed by atoms with Crippen molar-refractivity contribution in [2.24, 2.45) is 0 Å². The molecule has 0 fully saturated rings. The van der Waals surface area contributed by atoms with E-state index in [0.717, 1.165) is 11.4 Å². The maximum absolute atomic E-state index is 6.15. The van der Waals surface area contributed by atoms with E-state index >= 15 is 0 Å². The van der Waals surface area contributed by atoms with Gasteiger partial charge in [-0.15, -0.1) is 5.10 Å². The van der Waals surface area contributed by atoms with Crippen molar-refractivity contribution in [3.8, 4) is 5.75 Å². The highest BCUT2D eigenvalue weighted by Gasteiger charge is 2.06. The van der Waals surface area contributed by atoms with Crippen molar-refractivity contribution in [1.29, 1.82) is 0 Å². The summed E-state index contributed by atoms with van der Waals surface area (Å²) < 4.78 is 5.63. The lowest BCUT2D eigenvalue weighted by molar-refractivity contribution is 0.242. The standard InChI is InChI=1S/C18H17Cl2N5O/c1-11(2)26-14-6-4-13(5-7-14)22-17-10-21-25-18(24-17)23-16-8-3-12(19)9-15(16)20/h3-11H,1-2H3,(H2,22,23,24,25). The third-order valence-electron chi connectivity index (χ3n) is 3.23. The highest BCUT2D eigenvalue weighted by molar-refractivity contribution is 6.36. The third-order valence-corrected chi connectivity index (χ3v) is 3.78. The van der Waals surface area contributed by atoms with Gasteiger partial charge >= 0.3 is 0 Å². The summed E-state index contributed by atoms with van der Waals surface area (Å²) in [4.78, 5) is 4.38. The first kappa shape index (κ1) is 18.2. The number of hydrogen-bond donors (Lipinski definition) is 2. The van der Waals surface area contributed by atoms with Crippen LogP contribution in [0.15, 0.2) is 48.7 Å². The van der Waals surface area contributed by atoms with Crippen LogP contribution in [0, 0.1) is 0 Å². The van der Waals surface area contributed by atoms with Crippen LogP contribution in [0.3, 0.4) is 0 Å². The van der Waals surface area contributed by atoms with Crippen LogP contribution in [0.2, 0.25) is 10.0 Å². The molecule has 0 saturated heterocycles. The Hall–Kier alpha value is -2.57. The normalized spacial score (nSPS) is 10.7. The quantitative estimate of drug-likeness (QED) is 0.583. The molecular weight excluding hydrogens is 373 g/mol. The monoisotopic (exact) mass is 389 g/mol. The minimum atomic E-state index is 0.133. The first-order valence-corrected chi connectivity index (χ1v) is 8.71. The Morgan fingerprint density at radius 2 is 1.77 bits per heavy atom. The van der Waals surface area contributed by atoms with Crippen molar-refractivity contribution < 1.29 is 4.74 Å². The number of halogens is 2. The predicted molar refractivity (Wildman–Crippen MR) is 105 cm³/mol. The number of rotatable bonds is 6. The Morgan fingerprint density at radius 1 is 1.00 bits per heavy atom. The molecule has 0 aliphatic carbocycles. The summed E-state index contributed by atoms with van der Waals surface area (Å²) in [7, 11) is 0. The molecule has 134 valence electrons. The van der Waals surface area contributed by atoms with Gasteiger partial charge < -0.3 is 15.4 Å². The number of aromatic nitrogens is 3. The maximum Gasteiger partial charge on any atom is 0.249 e. The minimum absolute atomic E-state index is 0.133. The van der Waals surface area contributed by atoms with Crippen molar-refractivity contribution >= 4 is 46.3 Å². The van der Waals surface area contributed by atoms with Gasteiger partial charge in [-0.2, -0.15) is 10.1 Å². The Bertz CT molecular complexity index is 887. The summed E-state index contributed by atoms with van der Waals surface area (Å²) in [5.74, 6) is 1.68. The number of anilines is 4. The average molecular weight is 390 g/mol. The summed E-state index contributed by atoms with van der Waals surface area (Å²) in [6.45, 7) is 3.97. The fourth-order valence-electron chi connectivity index (χ4n) is 2.16. The molecule has 2 N–H and O–H groups in total. The van der Waals surface area contributed by atoms with E-state index in [0.29, 0.717) is 27.5 Å². The van der Waals surface area contributed by atoms with Crippen molar-refractivity contribution in [1.82, 2.24) is 15.2 Å². The molecule has 1 aromatic heterocycles. The van der Waals surface area contributed by atoms with Crippen LogP contribution in [-0.4, -0.2) is 21.3 Å². The van der Waals surface area contributed by atoms with Crippen LogP contribution in [0.4, 0.5) is 23.1 Å². The molecular formula is C18H17Cl2N5O. The second-order valence-electron chi connectivity index (χ2n) is 5.73. The molecule has 3 aromatic rings. The molecule has 0 unspecified atom stereocenters. The molecule has 2 aromatic carbocycles. The molecule has 6 nitrogen and oxygen atoms in total. The summed E-state index contributed by atoms with van der Waals surface area (Å²) >= 11 is 12.0. The molecule has 0 atom stereocenters. The first-order chi connectivity index (χ1) is 12.5. The third kappa shape index (κ3) is 4.97. The highest BCUT2D eigenvalue weighted by Crippen LogP contribution is 2.27. The lowest BCUT2D eigenvalue weighted by Crippen LogP contribution is -2.05. The number of hydrogen-bond acceptors (Lipinski definition) is 6. The van der Waals surface area contributed by atoms with E-state index in [4.69, 9.17) is 27.9 Å². The zero-order chi connectivity index (χ0) is 18.5. The SMILES string of the molecule is CC(C)Oc1ccc(Nc2cnnc(Nc3ccc(Cl)cc3Cl)n2)cc1. The zero-order valence-corrected chi connectivity index (χ0v) is 15.7. The summed E-state index contributed by atoms with van der Waals surface area (Å²) in [6, 6.07) is 12.7. The van der Waals surface area contributed by atoms with Crippen molar-refractivity contribution in [3.05, 3.63) is 58.7 Å². The van der Waals surface area contributed by atoms with E-state index in [1.807, 2.05) is 38.1 Å². The molecule has 8 heteroatoms. The molecule has 0 amide bonds. The van der Waals surface area contributed by atoms with E-state index in [9.17, 15) is 0 Å². The smallest absolute Gasteiger partial charge is 0.249 e. The van der Waals surface area contributed by atoms with Gasteiger partial charge in [-0.3, -0.25) is 0 Å². The van der Waals surface area contributed by atoms with E-state index < -0.39 is 0 Å². The summed E-state index contributed by atoms with van der Waals surface area (Å²) in [6.07, 6.45) is 1.67.